The molecule has 0 aliphatic rings. The van der Waals surface area contributed by atoms with Crippen molar-refractivity contribution in [2.45, 2.75) is 44.8 Å². The molecule has 0 saturated carbocycles. The van der Waals surface area contributed by atoms with Crippen LogP contribution in [0.5, 0.6) is 0 Å². The molecule has 1 aromatic rings. The number of aryl methyl sites for hydroxylation is 1. The van der Waals surface area contributed by atoms with E-state index in [1.165, 1.54) is 0 Å². The Morgan fingerprint density at radius 3 is 2.53 bits per heavy atom. The zero-order valence-corrected chi connectivity index (χ0v) is 10.5. The quantitative estimate of drug-likeness (QED) is 0.856. The van der Waals surface area contributed by atoms with Crippen molar-refractivity contribution in [2.75, 3.05) is 0 Å². The largest absolute Gasteiger partial charge is 0.389 e. The van der Waals surface area contributed by atoms with Gasteiger partial charge in [-0.1, -0.05) is 13.8 Å². The van der Waals surface area contributed by atoms with Gasteiger partial charge in [0.2, 0.25) is 0 Å². The van der Waals surface area contributed by atoms with Crippen LogP contribution in [-0.4, -0.2) is 20.3 Å². The smallest absolute Gasteiger partial charge is 0.138 e. The molecular formula is C11H18N2OS. The molecule has 15 heavy (non-hydrogen) atoms. The molecular weight excluding hydrogens is 208 g/mol. The predicted molar refractivity (Wildman–Crippen MR) is 63.8 cm³/mol. The summed E-state index contributed by atoms with van der Waals surface area (Å²) >= 11 is 1.82. The number of hydrogen-bond acceptors (Lipinski definition) is 4. The standard InChI is InChI=1S/C11H18N2OS/c1-7(2)15-6-11-12-5-10(9(4)14)8(3)13-11/h5,7,9,14H,6H2,1-4H3/t9-/m0/s1. The van der Waals surface area contributed by atoms with E-state index in [2.05, 4.69) is 23.8 Å². The van der Waals surface area contributed by atoms with Crippen molar-refractivity contribution in [3.8, 4) is 0 Å². The van der Waals surface area contributed by atoms with Gasteiger partial charge in [0.05, 0.1) is 11.9 Å². The SMILES string of the molecule is Cc1nc(CSC(C)C)ncc1[C@H](C)O. The number of aromatic nitrogens is 2. The highest BCUT2D eigenvalue weighted by molar-refractivity contribution is 7.99. The predicted octanol–water partition coefficient (Wildman–Crippen LogP) is 2.48. The van der Waals surface area contributed by atoms with Crippen molar-refractivity contribution < 1.29 is 5.11 Å². The molecule has 0 spiro atoms. The lowest BCUT2D eigenvalue weighted by molar-refractivity contribution is 0.197. The Morgan fingerprint density at radius 2 is 2.07 bits per heavy atom. The lowest BCUT2D eigenvalue weighted by atomic mass is 10.1. The van der Waals surface area contributed by atoms with E-state index in [-0.39, 0.29) is 0 Å². The Labute approximate surface area is 95.3 Å². The van der Waals surface area contributed by atoms with Crippen LogP contribution in [0, 0.1) is 6.92 Å². The van der Waals surface area contributed by atoms with Gasteiger partial charge >= 0.3 is 0 Å². The molecule has 3 nitrogen and oxygen atoms in total. The molecule has 0 bridgehead atoms. The molecule has 1 aromatic heterocycles. The van der Waals surface area contributed by atoms with E-state index >= 15 is 0 Å². The number of thioether (sulfide) groups is 1. The summed E-state index contributed by atoms with van der Waals surface area (Å²) in [7, 11) is 0. The van der Waals surface area contributed by atoms with Crippen LogP contribution in [0.3, 0.4) is 0 Å². The molecule has 0 aliphatic carbocycles. The van der Waals surface area contributed by atoms with Gasteiger partial charge in [-0.15, -0.1) is 0 Å². The fourth-order valence-corrected chi connectivity index (χ4v) is 1.87. The Kier molecular flexibility index (Phi) is 4.54. The van der Waals surface area contributed by atoms with Gasteiger partial charge in [-0.05, 0) is 19.1 Å². The van der Waals surface area contributed by atoms with Crippen LogP contribution in [0.2, 0.25) is 0 Å². The van der Waals surface area contributed by atoms with Gasteiger partial charge in [-0.2, -0.15) is 11.8 Å². The third-order valence-corrected chi connectivity index (χ3v) is 3.15. The number of rotatable bonds is 4. The highest BCUT2D eigenvalue weighted by atomic mass is 32.2. The number of hydrogen-bond donors (Lipinski definition) is 1. The molecule has 1 N–H and O–H groups in total. The van der Waals surface area contributed by atoms with Crippen LogP contribution >= 0.6 is 11.8 Å². The summed E-state index contributed by atoms with van der Waals surface area (Å²) in [4.78, 5) is 8.62. The van der Waals surface area contributed by atoms with E-state index in [9.17, 15) is 5.11 Å². The number of aliphatic hydroxyl groups is 1. The maximum Gasteiger partial charge on any atom is 0.138 e. The van der Waals surface area contributed by atoms with Crippen LogP contribution in [0.15, 0.2) is 6.20 Å². The van der Waals surface area contributed by atoms with E-state index in [4.69, 9.17) is 0 Å². The molecule has 0 unspecified atom stereocenters. The summed E-state index contributed by atoms with van der Waals surface area (Å²) in [5.74, 6) is 1.68. The first kappa shape index (κ1) is 12.5. The van der Waals surface area contributed by atoms with Crippen molar-refractivity contribution in [2.24, 2.45) is 0 Å². The molecule has 0 amide bonds. The second-order valence-electron chi connectivity index (χ2n) is 3.86. The molecule has 1 atom stereocenters. The van der Waals surface area contributed by atoms with Gasteiger partial charge in [0.25, 0.3) is 0 Å². The van der Waals surface area contributed by atoms with Gasteiger partial charge in [0.15, 0.2) is 0 Å². The summed E-state index contributed by atoms with van der Waals surface area (Å²) in [6, 6.07) is 0. The fraction of sp³-hybridized carbons (Fsp3) is 0.636. The van der Waals surface area contributed by atoms with Crippen molar-refractivity contribution in [3.63, 3.8) is 0 Å². The van der Waals surface area contributed by atoms with Crippen molar-refractivity contribution >= 4 is 11.8 Å². The van der Waals surface area contributed by atoms with Gasteiger partial charge in [-0.25, -0.2) is 9.97 Å². The Hall–Kier alpha value is -0.610. The minimum atomic E-state index is -0.489. The van der Waals surface area contributed by atoms with Crippen LogP contribution in [0.25, 0.3) is 0 Å². The molecule has 0 aliphatic heterocycles. The van der Waals surface area contributed by atoms with Crippen LogP contribution in [-0.2, 0) is 5.75 Å². The summed E-state index contributed by atoms with van der Waals surface area (Å²) in [5.41, 5.74) is 1.69. The van der Waals surface area contributed by atoms with Gasteiger partial charge in [0.1, 0.15) is 5.82 Å². The molecule has 0 saturated heterocycles. The fourth-order valence-electron chi connectivity index (χ4n) is 1.25. The zero-order chi connectivity index (χ0) is 11.4. The van der Waals surface area contributed by atoms with E-state index in [1.807, 2.05) is 18.7 Å². The lowest BCUT2D eigenvalue weighted by Gasteiger charge is -2.09. The second-order valence-corrected chi connectivity index (χ2v) is 5.43. The summed E-state index contributed by atoms with van der Waals surface area (Å²) in [6.45, 7) is 7.95. The summed E-state index contributed by atoms with van der Waals surface area (Å²) in [5, 5.41) is 10.0. The first-order valence-electron chi connectivity index (χ1n) is 5.12. The molecule has 4 heteroatoms. The molecule has 0 radical (unpaired) electrons. The third-order valence-electron chi connectivity index (χ3n) is 2.06. The van der Waals surface area contributed by atoms with E-state index < -0.39 is 6.10 Å². The molecule has 0 fully saturated rings. The van der Waals surface area contributed by atoms with Crippen LogP contribution in [0.4, 0.5) is 0 Å². The topological polar surface area (TPSA) is 46.0 Å². The van der Waals surface area contributed by atoms with E-state index in [0.29, 0.717) is 5.25 Å². The monoisotopic (exact) mass is 226 g/mol. The first-order valence-corrected chi connectivity index (χ1v) is 6.17. The first-order chi connectivity index (χ1) is 7.00. The molecule has 1 rings (SSSR count). The molecule has 0 aromatic carbocycles. The Bertz CT molecular complexity index is 326. The average molecular weight is 226 g/mol. The summed E-state index contributed by atoms with van der Waals surface area (Å²) in [6.07, 6.45) is 1.24. The van der Waals surface area contributed by atoms with Crippen molar-refractivity contribution in [3.05, 3.63) is 23.3 Å². The normalized spacial score (nSPS) is 13.2. The van der Waals surface area contributed by atoms with E-state index in [0.717, 1.165) is 22.8 Å². The molecule has 1 heterocycles. The highest BCUT2D eigenvalue weighted by Gasteiger charge is 2.08. The minimum Gasteiger partial charge on any atom is -0.389 e. The third kappa shape index (κ3) is 3.80. The van der Waals surface area contributed by atoms with Crippen LogP contribution in [0.1, 0.15) is 44.0 Å². The average Bonchev–Trinajstić information content (AvgIpc) is 2.14. The maximum atomic E-state index is 9.43. The van der Waals surface area contributed by atoms with Crippen molar-refractivity contribution in [1.82, 2.24) is 9.97 Å². The van der Waals surface area contributed by atoms with Gasteiger partial charge in [-0.3, -0.25) is 0 Å². The Balaban J connectivity index is 2.73. The van der Waals surface area contributed by atoms with E-state index in [1.54, 1.807) is 13.1 Å². The second kappa shape index (κ2) is 5.47. The number of aliphatic hydroxyl groups excluding tert-OH is 1. The minimum absolute atomic E-state index is 0.489. The number of nitrogens with zero attached hydrogens (tertiary/aromatic N) is 2. The van der Waals surface area contributed by atoms with Gasteiger partial charge in [0, 0.05) is 17.5 Å². The maximum absolute atomic E-state index is 9.43. The summed E-state index contributed by atoms with van der Waals surface area (Å²) < 4.78 is 0. The zero-order valence-electron chi connectivity index (χ0n) is 9.69. The van der Waals surface area contributed by atoms with Crippen LogP contribution < -0.4 is 0 Å². The molecule has 84 valence electrons. The lowest BCUT2D eigenvalue weighted by Crippen LogP contribution is -2.03. The van der Waals surface area contributed by atoms with Crippen molar-refractivity contribution in [1.29, 1.82) is 0 Å². The van der Waals surface area contributed by atoms with Gasteiger partial charge < -0.3 is 5.11 Å². The highest BCUT2D eigenvalue weighted by Crippen LogP contribution is 2.18. The Morgan fingerprint density at radius 1 is 1.40 bits per heavy atom.